The molecule has 1 saturated heterocycles. The van der Waals surface area contributed by atoms with Crippen LogP contribution < -0.4 is 0 Å². The molecule has 3 rings (SSSR count). The van der Waals surface area contributed by atoms with Crippen LogP contribution in [-0.2, 0) is 11.3 Å². The van der Waals surface area contributed by atoms with Gasteiger partial charge in [0.2, 0.25) is 0 Å². The summed E-state index contributed by atoms with van der Waals surface area (Å²) in [6.07, 6.45) is 1.77. The van der Waals surface area contributed by atoms with E-state index in [9.17, 15) is 4.79 Å². The first-order valence-corrected chi connectivity index (χ1v) is 7.00. The molecule has 1 aliphatic heterocycles. The molecule has 1 fully saturated rings. The molecule has 18 heavy (non-hydrogen) atoms. The normalized spacial score (nSPS) is 20.6. The number of thiophene rings is 1. The van der Waals surface area contributed by atoms with E-state index in [4.69, 9.17) is 5.11 Å². The van der Waals surface area contributed by atoms with Crippen molar-refractivity contribution in [1.82, 2.24) is 4.90 Å². The Morgan fingerprint density at radius 3 is 3.06 bits per heavy atom. The van der Waals surface area contributed by atoms with Crippen molar-refractivity contribution in [2.24, 2.45) is 0 Å². The number of carboxylic acid groups (broad SMARTS) is 1. The average molecular weight is 261 g/mol. The van der Waals surface area contributed by atoms with Crippen molar-refractivity contribution in [2.75, 3.05) is 6.54 Å². The molecule has 0 aliphatic carbocycles. The van der Waals surface area contributed by atoms with Gasteiger partial charge in [-0.3, -0.25) is 9.69 Å². The van der Waals surface area contributed by atoms with Gasteiger partial charge in [-0.25, -0.2) is 0 Å². The van der Waals surface area contributed by atoms with Crippen LogP contribution in [0.3, 0.4) is 0 Å². The van der Waals surface area contributed by atoms with E-state index >= 15 is 0 Å². The summed E-state index contributed by atoms with van der Waals surface area (Å²) >= 11 is 1.76. The standard InChI is InChI=1S/C14H15NO2S/c16-14(17)12-5-3-7-15(12)9-11-8-10-4-1-2-6-13(10)18-11/h1-2,4,6,8,12H,3,5,7,9H2,(H,16,17)/t12-/m0/s1. The van der Waals surface area contributed by atoms with E-state index in [0.29, 0.717) is 0 Å². The third-order valence-electron chi connectivity index (χ3n) is 3.48. The summed E-state index contributed by atoms with van der Waals surface area (Å²) < 4.78 is 1.28. The number of hydrogen-bond donors (Lipinski definition) is 1. The van der Waals surface area contributed by atoms with E-state index in [1.54, 1.807) is 11.3 Å². The number of carbonyl (C=O) groups is 1. The molecule has 0 radical (unpaired) electrons. The molecule has 0 amide bonds. The maximum Gasteiger partial charge on any atom is 0.320 e. The van der Waals surface area contributed by atoms with Crippen LogP contribution in [0.1, 0.15) is 17.7 Å². The Balaban J connectivity index is 1.81. The van der Waals surface area contributed by atoms with Gasteiger partial charge in [-0.2, -0.15) is 0 Å². The van der Waals surface area contributed by atoms with E-state index in [-0.39, 0.29) is 6.04 Å². The average Bonchev–Trinajstić information content (AvgIpc) is 2.94. The van der Waals surface area contributed by atoms with E-state index in [2.05, 4.69) is 23.1 Å². The lowest BCUT2D eigenvalue weighted by Gasteiger charge is -2.19. The van der Waals surface area contributed by atoms with E-state index in [1.165, 1.54) is 15.0 Å². The number of nitrogens with zero attached hydrogens (tertiary/aromatic N) is 1. The van der Waals surface area contributed by atoms with Gasteiger partial charge in [0.15, 0.2) is 0 Å². The van der Waals surface area contributed by atoms with Crippen LogP contribution in [0.2, 0.25) is 0 Å². The molecule has 1 aromatic carbocycles. The van der Waals surface area contributed by atoms with Crippen molar-refractivity contribution in [3.05, 3.63) is 35.2 Å². The Kier molecular flexibility index (Phi) is 3.06. The first-order chi connectivity index (χ1) is 8.74. The highest BCUT2D eigenvalue weighted by Crippen LogP contribution is 2.28. The van der Waals surface area contributed by atoms with Crippen LogP contribution in [-0.4, -0.2) is 28.6 Å². The van der Waals surface area contributed by atoms with Gasteiger partial charge in [0.25, 0.3) is 0 Å². The van der Waals surface area contributed by atoms with Crippen molar-refractivity contribution in [1.29, 1.82) is 0 Å². The fourth-order valence-corrected chi connectivity index (χ4v) is 3.70. The highest BCUT2D eigenvalue weighted by molar-refractivity contribution is 7.19. The Morgan fingerprint density at radius 2 is 2.28 bits per heavy atom. The van der Waals surface area contributed by atoms with Gasteiger partial charge in [-0.15, -0.1) is 11.3 Å². The van der Waals surface area contributed by atoms with Crippen molar-refractivity contribution >= 4 is 27.4 Å². The first kappa shape index (κ1) is 11.7. The highest BCUT2D eigenvalue weighted by Gasteiger charge is 2.30. The lowest BCUT2D eigenvalue weighted by molar-refractivity contribution is -0.142. The SMILES string of the molecule is O=C(O)[C@@H]1CCCN1Cc1cc2ccccc2s1. The molecular formula is C14H15NO2S. The topological polar surface area (TPSA) is 40.5 Å². The molecule has 4 heteroatoms. The van der Waals surface area contributed by atoms with Gasteiger partial charge in [-0.05, 0) is 36.9 Å². The van der Waals surface area contributed by atoms with E-state index in [1.807, 2.05) is 12.1 Å². The molecule has 2 aromatic rings. The molecule has 1 aromatic heterocycles. The minimum atomic E-state index is -0.686. The number of aliphatic carboxylic acids is 1. The predicted octanol–water partition coefficient (Wildman–Crippen LogP) is 2.95. The fourth-order valence-electron chi connectivity index (χ4n) is 2.61. The van der Waals surface area contributed by atoms with Gasteiger partial charge in [0.1, 0.15) is 6.04 Å². The number of benzene rings is 1. The second kappa shape index (κ2) is 4.71. The zero-order valence-electron chi connectivity index (χ0n) is 10.0. The Labute approximate surface area is 110 Å². The minimum Gasteiger partial charge on any atom is -0.480 e. The molecule has 0 spiro atoms. The zero-order valence-corrected chi connectivity index (χ0v) is 10.8. The van der Waals surface area contributed by atoms with Crippen molar-refractivity contribution in [2.45, 2.75) is 25.4 Å². The molecule has 2 heterocycles. The smallest absolute Gasteiger partial charge is 0.320 e. The molecule has 1 atom stereocenters. The molecule has 1 N–H and O–H groups in total. The number of rotatable bonds is 3. The second-order valence-corrected chi connectivity index (χ2v) is 5.89. The van der Waals surface area contributed by atoms with Crippen LogP contribution in [0.15, 0.2) is 30.3 Å². The van der Waals surface area contributed by atoms with Gasteiger partial charge < -0.3 is 5.11 Å². The van der Waals surface area contributed by atoms with E-state index in [0.717, 1.165) is 25.9 Å². The summed E-state index contributed by atoms with van der Waals surface area (Å²) in [4.78, 5) is 14.5. The molecule has 0 bridgehead atoms. The lowest BCUT2D eigenvalue weighted by atomic mass is 10.2. The Hall–Kier alpha value is -1.39. The molecule has 94 valence electrons. The Morgan fingerprint density at radius 1 is 1.44 bits per heavy atom. The van der Waals surface area contributed by atoms with Crippen LogP contribution >= 0.6 is 11.3 Å². The zero-order chi connectivity index (χ0) is 12.5. The third-order valence-corrected chi connectivity index (χ3v) is 4.59. The van der Waals surface area contributed by atoms with Crippen molar-refractivity contribution < 1.29 is 9.90 Å². The van der Waals surface area contributed by atoms with Crippen molar-refractivity contribution in [3.8, 4) is 0 Å². The van der Waals surface area contributed by atoms with E-state index < -0.39 is 5.97 Å². The quantitative estimate of drug-likeness (QED) is 0.923. The molecule has 0 unspecified atom stereocenters. The molecule has 0 saturated carbocycles. The first-order valence-electron chi connectivity index (χ1n) is 6.18. The maximum atomic E-state index is 11.1. The highest BCUT2D eigenvalue weighted by atomic mass is 32.1. The number of fused-ring (bicyclic) bond motifs is 1. The van der Waals surface area contributed by atoms with Crippen LogP contribution in [0.4, 0.5) is 0 Å². The monoisotopic (exact) mass is 261 g/mol. The summed E-state index contributed by atoms with van der Waals surface area (Å²) in [5.74, 6) is -0.686. The minimum absolute atomic E-state index is 0.296. The largest absolute Gasteiger partial charge is 0.480 e. The lowest BCUT2D eigenvalue weighted by Crippen LogP contribution is -2.35. The van der Waals surface area contributed by atoms with Crippen molar-refractivity contribution in [3.63, 3.8) is 0 Å². The van der Waals surface area contributed by atoms with Gasteiger partial charge in [0, 0.05) is 16.1 Å². The van der Waals surface area contributed by atoms with Crippen LogP contribution in [0, 0.1) is 0 Å². The second-order valence-electron chi connectivity index (χ2n) is 4.72. The number of hydrogen-bond acceptors (Lipinski definition) is 3. The number of carboxylic acids is 1. The molecule has 3 nitrogen and oxygen atoms in total. The summed E-state index contributed by atoms with van der Waals surface area (Å²) in [6.45, 7) is 1.65. The molecular weight excluding hydrogens is 246 g/mol. The van der Waals surface area contributed by atoms with Gasteiger partial charge in [0.05, 0.1) is 0 Å². The third kappa shape index (κ3) is 2.13. The van der Waals surface area contributed by atoms with Gasteiger partial charge >= 0.3 is 5.97 Å². The Bertz CT molecular complexity index is 545. The van der Waals surface area contributed by atoms with Crippen LogP contribution in [0.5, 0.6) is 0 Å². The summed E-state index contributed by atoms with van der Waals surface area (Å²) in [5, 5.41) is 10.4. The number of likely N-dealkylation sites (tertiary alicyclic amines) is 1. The maximum absolute atomic E-state index is 11.1. The van der Waals surface area contributed by atoms with Gasteiger partial charge in [-0.1, -0.05) is 18.2 Å². The fraction of sp³-hybridized carbons (Fsp3) is 0.357. The predicted molar refractivity (Wildman–Crippen MR) is 72.9 cm³/mol. The van der Waals surface area contributed by atoms with Crippen LogP contribution in [0.25, 0.3) is 10.1 Å². The molecule has 1 aliphatic rings. The summed E-state index contributed by atoms with van der Waals surface area (Å²) in [7, 11) is 0. The summed E-state index contributed by atoms with van der Waals surface area (Å²) in [6, 6.07) is 10.2. The summed E-state index contributed by atoms with van der Waals surface area (Å²) in [5.41, 5.74) is 0.